The highest BCUT2D eigenvalue weighted by atomic mass is 79.9. The first kappa shape index (κ1) is 11.3. The molecule has 17 heavy (non-hydrogen) atoms. The Morgan fingerprint density at radius 1 is 0.882 bits per heavy atom. The summed E-state index contributed by atoms with van der Waals surface area (Å²) < 4.78 is 1.26. The van der Waals surface area contributed by atoms with E-state index in [9.17, 15) is 0 Å². The van der Waals surface area contributed by atoms with E-state index in [-0.39, 0.29) is 0 Å². The molecule has 1 aromatic carbocycles. The van der Waals surface area contributed by atoms with Crippen molar-refractivity contribution in [3.05, 3.63) is 47.5 Å². The molecular weight excluding hydrogens is 272 g/mol. The van der Waals surface area contributed by atoms with Crippen LogP contribution in [0.4, 0.5) is 0 Å². The summed E-state index contributed by atoms with van der Waals surface area (Å²) in [5.41, 5.74) is 2.61. The summed E-state index contributed by atoms with van der Waals surface area (Å²) in [5.74, 6) is 1.55. The second kappa shape index (κ2) is 4.81. The van der Waals surface area contributed by atoms with Gasteiger partial charge in [-0.25, -0.2) is 0 Å². The van der Waals surface area contributed by atoms with Gasteiger partial charge in [0.25, 0.3) is 0 Å². The van der Waals surface area contributed by atoms with E-state index in [1.54, 1.807) is 0 Å². The van der Waals surface area contributed by atoms with Gasteiger partial charge >= 0.3 is 0 Å². The summed E-state index contributed by atoms with van der Waals surface area (Å²) in [6, 6.07) is 8.82. The maximum atomic E-state index is 3.72. The maximum Gasteiger partial charge on any atom is 0.0210 e. The third kappa shape index (κ3) is 2.55. The van der Waals surface area contributed by atoms with Gasteiger partial charge in [-0.2, -0.15) is 0 Å². The van der Waals surface area contributed by atoms with Gasteiger partial charge in [-0.3, -0.25) is 0 Å². The first-order chi connectivity index (χ1) is 8.31. The smallest absolute Gasteiger partial charge is 0.0210 e. The molecule has 1 aromatic rings. The third-order valence-electron chi connectivity index (χ3n) is 3.95. The molecule has 0 aliphatic heterocycles. The molecule has 0 spiro atoms. The zero-order valence-corrected chi connectivity index (χ0v) is 11.5. The Morgan fingerprint density at radius 2 is 1.53 bits per heavy atom. The summed E-state index contributed by atoms with van der Waals surface area (Å²) in [6.45, 7) is 0. The summed E-state index contributed by atoms with van der Waals surface area (Å²) in [5, 5.41) is 0. The summed E-state index contributed by atoms with van der Waals surface area (Å²) in [4.78, 5) is 0. The van der Waals surface area contributed by atoms with Crippen LogP contribution in [0.25, 0.3) is 10.6 Å². The van der Waals surface area contributed by atoms with Crippen molar-refractivity contribution in [3.63, 3.8) is 0 Å². The molecule has 6 rings (SSSR count). The number of benzene rings is 1. The lowest BCUT2D eigenvalue weighted by molar-refractivity contribution is 0.358. The van der Waals surface area contributed by atoms with Crippen LogP contribution < -0.4 is 0 Å². The van der Waals surface area contributed by atoms with Crippen molar-refractivity contribution in [2.24, 2.45) is 11.8 Å². The van der Waals surface area contributed by atoms with Gasteiger partial charge in [0, 0.05) is 4.48 Å². The molecule has 4 bridgehead atoms. The van der Waals surface area contributed by atoms with Crippen LogP contribution in [0.2, 0.25) is 0 Å². The molecule has 0 atom stereocenters. The van der Waals surface area contributed by atoms with Crippen molar-refractivity contribution in [3.8, 4) is 0 Å². The Balaban J connectivity index is 2.03. The van der Waals surface area contributed by atoms with Gasteiger partial charge in [0.1, 0.15) is 0 Å². The van der Waals surface area contributed by atoms with Crippen molar-refractivity contribution in [1.29, 1.82) is 0 Å². The van der Waals surface area contributed by atoms with E-state index in [4.69, 9.17) is 0 Å². The highest BCUT2D eigenvalue weighted by Crippen LogP contribution is 2.34. The number of halogens is 1. The average molecular weight is 289 g/mol. The first-order valence-corrected chi connectivity index (χ1v) is 7.26. The number of hydrogen-bond acceptors (Lipinski definition) is 0. The third-order valence-corrected chi connectivity index (χ3v) is 4.67. The van der Waals surface area contributed by atoms with Crippen LogP contribution in [0.5, 0.6) is 0 Å². The zero-order valence-electron chi connectivity index (χ0n) is 9.90. The van der Waals surface area contributed by atoms with Crippen LogP contribution in [0.3, 0.4) is 0 Å². The maximum absolute atomic E-state index is 3.72. The van der Waals surface area contributed by atoms with E-state index >= 15 is 0 Å². The van der Waals surface area contributed by atoms with Crippen LogP contribution in [-0.2, 0) is 0 Å². The minimum atomic E-state index is 0.758. The highest BCUT2D eigenvalue weighted by Gasteiger charge is 2.18. The molecule has 0 heterocycles. The minimum absolute atomic E-state index is 0.758. The molecular formula is C16H17Br. The highest BCUT2D eigenvalue weighted by molar-refractivity contribution is 9.15. The SMILES string of the molecule is Br/C1=C/C2CCC(/C=C\c3ccc1cc3)CC2. The van der Waals surface area contributed by atoms with Crippen LogP contribution in [-0.4, -0.2) is 0 Å². The number of hydrogen-bond donors (Lipinski definition) is 0. The van der Waals surface area contributed by atoms with Crippen molar-refractivity contribution >= 4 is 26.5 Å². The van der Waals surface area contributed by atoms with Gasteiger partial charge < -0.3 is 0 Å². The molecule has 88 valence electrons. The van der Waals surface area contributed by atoms with Crippen molar-refractivity contribution in [2.75, 3.05) is 0 Å². The van der Waals surface area contributed by atoms with Gasteiger partial charge in [-0.05, 0) is 48.6 Å². The second-order valence-corrected chi connectivity index (χ2v) is 6.02. The van der Waals surface area contributed by atoms with Gasteiger partial charge in [-0.15, -0.1) is 0 Å². The van der Waals surface area contributed by atoms with Gasteiger partial charge in [0.2, 0.25) is 0 Å². The molecule has 0 nitrogen and oxygen atoms in total. The van der Waals surface area contributed by atoms with E-state index in [0.29, 0.717) is 0 Å². The lowest BCUT2D eigenvalue weighted by atomic mass is 9.81. The quantitative estimate of drug-likeness (QED) is 0.611. The van der Waals surface area contributed by atoms with E-state index in [1.807, 2.05) is 0 Å². The van der Waals surface area contributed by atoms with Crippen molar-refractivity contribution < 1.29 is 0 Å². The molecule has 0 radical (unpaired) electrons. The summed E-state index contributed by atoms with van der Waals surface area (Å²) >= 11 is 3.72. The van der Waals surface area contributed by atoms with Crippen LogP contribution in [0, 0.1) is 11.8 Å². The Morgan fingerprint density at radius 3 is 2.24 bits per heavy atom. The van der Waals surface area contributed by atoms with Gasteiger partial charge in [0.15, 0.2) is 0 Å². The standard InChI is InChI=1S/C16H17Br/c17-16-11-14-5-3-12(4-6-14)1-2-13-7-9-15(16)10-8-13/h1-2,7-12,14H,3-6H2/b2-1-,16-11+. The van der Waals surface area contributed by atoms with E-state index in [0.717, 1.165) is 11.8 Å². The van der Waals surface area contributed by atoms with Crippen LogP contribution in [0.15, 0.2) is 36.4 Å². The fraction of sp³-hybridized carbons (Fsp3) is 0.375. The molecule has 1 fully saturated rings. The molecule has 0 saturated heterocycles. The molecule has 0 N–H and O–H groups in total. The van der Waals surface area contributed by atoms with E-state index < -0.39 is 0 Å². The first-order valence-electron chi connectivity index (χ1n) is 6.47. The Bertz CT molecular complexity index is 445. The van der Waals surface area contributed by atoms with E-state index in [2.05, 4.69) is 58.4 Å². The monoisotopic (exact) mass is 288 g/mol. The molecule has 5 aliphatic rings. The molecule has 0 aromatic heterocycles. The normalized spacial score (nSPS) is 32.4. The predicted octanol–water partition coefficient (Wildman–Crippen LogP) is 5.26. The van der Waals surface area contributed by atoms with Crippen molar-refractivity contribution in [1.82, 2.24) is 0 Å². The minimum Gasteiger partial charge on any atom is -0.0808 e. The number of allylic oxidation sites excluding steroid dienone is 2. The second-order valence-electron chi connectivity index (χ2n) is 5.17. The topological polar surface area (TPSA) is 0 Å². The van der Waals surface area contributed by atoms with Gasteiger partial charge in [-0.1, -0.05) is 58.4 Å². The predicted molar refractivity (Wildman–Crippen MR) is 77.8 cm³/mol. The van der Waals surface area contributed by atoms with Crippen LogP contribution >= 0.6 is 15.9 Å². The Labute approximate surface area is 112 Å². The zero-order chi connectivity index (χ0) is 11.7. The lowest BCUT2D eigenvalue weighted by Crippen LogP contribution is -2.11. The largest absolute Gasteiger partial charge is 0.0808 e. The molecule has 0 unspecified atom stereocenters. The fourth-order valence-electron chi connectivity index (χ4n) is 2.81. The summed E-state index contributed by atoms with van der Waals surface area (Å²) in [7, 11) is 0. The van der Waals surface area contributed by atoms with Crippen LogP contribution in [0.1, 0.15) is 36.8 Å². The lowest BCUT2D eigenvalue weighted by Gasteiger charge is -2.25. The fourth-order valence-corrected chi connectivity index (χ4v) is 3.45. The Hall–Kier alpha value is -0.820. The van der Waals surface area contributed by atoms with Gasteiger partial charge in [0.05, 0.1) is 0 Å². The average Bonchev–Trinajstić information content (AvgIpc) is 2.36. The molecule has 0 amide bonds. The summed E-state index contributed by atoms with van der Waals surface area (Å²) in [6.07, 6.45) is 12.5. The molecule has 1 saturated carbocycles. The number of rotatable bonds is 0. The van der Waals surface area contributed by atoms with Crippen molar-refractivity contribution in [2.45, 2.75) is 25.7 Å². The molecule has 5 aliphatic carbocycles. The Kier molecular flexibility index (Phi) is 3.19. The van der Waals surface area contributed by atoms with E-state index in [1.165, 1.54) is 41.3 Å². The molecule has 1 heteroatoms.